The average Bonchev–Trinajstić information content (AvgIpc) is 2.61. The van der Waals surface area contributed by atoms with Crippen LogP contribution in [0.1, 0.15) is 31.3 Å². The van der Waals surface area contributed by atoms with Crippen molar-refractivity contribution in [3.05, 3.63) is 23.5 Å². The number of carbonyl (C=O) groups is 1. The Morgan fingerprint density at radius 2 is 2.19 bits per heavy atom. The summed E-state index contributed by atoms with van der Waals surface area (Å²) < 4.78 is 2.27. The van der Waals surface area contributed by atoms with Crippen LogP contribution in [0.2, 0.25) is 0 Å². The van der Waals surface area contributed by atoms with Crippen LogP contribution in [-0.4, -0.2) is 28.0 Å². The number of carbonyl (C=O) groups excluding carboxylic acids is 1. The summed E-state index contributed by atoms with van der Waals surface area (Å²) in [4.78, 5) is 13.8. The number of aryl methyl sites for hydroxylation is 1. The van der Waals surface area contributed by atoms with E-state index < -0.39 is 6.04 Å². The van der Waals surface area contributed by atoms with Crippen molar-refractivity contribution in [3.63, 3.8) is 0 Å². The van der Waals surface area contributed by atoms with Crippen molar-refractivity contribution < 1.29 is 4.79 Å². The highest BCUT2D eigenvalue weighted by Crippen LogP contribution is 2.27. The first kappa shape index (κ1) is 11.2. The normalized spacial score (nSPS) is 21.8. The number of hydrogen-bond donors (Lipinski definition) is 1. The van der Waals surface area contributed by atoms with Gasteiger partial charge in [0.15, 0.2) is 0 Å². The summed E-state index contributed by atoms with van der Waals surface area (Å²) in [5, 5.41) is 0. The number of fused-ring (bicyclic) bond motifs is 1. The van der Waals surface area contributed by atoms with Gasteiger partial charge in [0.1, 0.15) is 0 Å². The summed E-state index contributed by atoms with van der Waals surface area (Å²) in [6, 6.07) is 3.91. The van der Waals surface area contributed by atoms with E-state index in [-0.39, 0.29) is 11.9 Å². The zero-order valence-electron chi connectivity index (χ0n) is 10.1. The van der Waals surface area contributed by atoms with Crippen LogP contribution in [0.3, 0.4) is 0 Å². The molecule has 1 amide bonds. The van der Waals surface area contributed by atoms with Gasteiger partial charge in [-0.2, -0.15) is 0 Å². The molecule has 1 aromatic rings. The third-order valence-corrected chi connectivity index (χ3v) is 3.37. The molecule has 0 aromatic carbocycles. The summed E-state index contributed by atoms with van der Waals surface area (Å²) in [6.45, 7) is 7.53. The van der Waals surface area contributed by atoms with E-state index in [1.807, 2.05) is 4.90 Å². The van der Waals surface area contributed by atoms with Crippen LogP contribution in [0, 0.1) is 6.92 Å². The quantitative estimate of drug-likeness (QED) is 0.770. The maximum Gasteiger partial charge on any atom is 0.239 e. The zero-order valence-corrected chi connectivity index (χ0v) is 10.1. The molecule has 2 atom stereocenters. The molecule has 0 spiro atoms. The Bertz CT molecular complexity index is 408. The van der Waals surface area contributed by atoms with E-state index in [4.69, 9.17) is 5.73 Å². The molecule has 4 heteroatoms. The second-order valence-corrected chi connectivity index (χ2v) is 4.55. The van der Waals surface area contributed by atoms with Gasteiger partial charge < -0.3 is 15.2 Å². The first-order valence-electron chi connectivity index (χ1n) is 5.74. The fourth-order valence-corrected chi connectivity index (χ4v) is 2.38. The van der Waals surface area contributed by atoms with Crippen LogP contribution in [-0.2, 0) is 11.3 Å². The number of rotatable bonds is 1. The van der Waals surface area contributed by atoms with E-state index >= 15 is 0 Å². The minimum Gasteiger partial charge on any atom is -0.345 e. The number of hydrogen-bond acceptors (Lipinski definition) is 2. The summed E-state index contributed by atoms with van der Waals surface area (Å²) >= 11 is 0. The van der Waals surface area contributed by atoms with Crippen molar-refractivity contribution >= 4 is 5.91 Å². The van der Waals surface area contributed by atoms with Crippen molar-refractivity contribution in [2.45, 2.75) is 39.4 Å². The second-order valence-electron chi connectivity index (χ2n) is 4.55. The fraction of sp³-hybridized carbons (Fsp3) is 0.583. The van der Waals surface area contributed by atoms with Crippen molar-refractivity contribution in [1.29, 1.82) is 0 Å². The van der Waals surface area contributed by atoms with Crippen LogP contribution in [0.5, 0.6) is 0 Å². The van der Waals surface area contributed by atoms with Crippen LogP contribution < -0.4 is 5.73 Å². The summed E-state index contributed by atoms with van der Waals surface area (Å²) in [5.41, 5.74) is 8.12. The van der Waals surface area contributed by atoms with Crippen LogP contribution >= 0.6 is 0 Å². The van der Waals surface area contributed by atoms with E-state index in [0.29, 0.717) is 0 Å². The minimum atomic E-state index is -0.412. The smallest absolute Gasteiger partial charge is 0.239 e. The predicted molar refractivity (Wildman–Crippen MR) is 62.9 cm³/mol. The average molecular weight is 221 g/mol. The third kappa shape index (κ3) is 1.63. The van der Waals surface area contributed by atoms with Gasteiger partial charge in [0.2, 0.25) is 5.91 Å². The van der Waals surface area contributed by atoms with E-state index in [9.17, 15) is 4.79 Å². The Balaban J connectivity index is 2.28. The number of aromatic nitrogens is 1. The van der Waals surface area contributed by atoms with E-state index in [0.717, 1.165) is 13.1 Å². The van der Waals surface area contributed by atoms with E-state index in [1.54, 1.807) is 6.92 Å². The van der Waals surface area contributed by atoms with Gasteiger partial charge in [-0.1, -0.05) is 0 Å². The maximum atomic E-state index is 11.9. The summed E-state index contributed by atoms with van der Waals surface area (Å²) in [7, 11) is 0. The molecular formula is C12H19N3O. The molecule has 88 valence electrons. The highest BCUT2D eigenvalue weighted by molar-refractivity contribution is 5.81. The molecule has 0 aliphatic carbocycles. The molecule has 1 aliphatic rings. The largest absolute Gasteiger partial charge is 0.345 e. The van der Waals surface area contributed by atoms with Crippen molar-refractivity contribution in [3.8, 4) is 0 Å². The van der Waals surface area contributed by atoms with Crippen molar-refractivity contribution in [1.82, 2.24) is 9.47 Å². The Morgan fingerprint density at radius 1 is 1.50 bits per heavy atom. The molecule has 0 fully saturated rings. The first-order chi connectivity index (χ1) is 7.52. The standard InChI is InChI=1S/C12H19N3O/c1-8-4-5-11-10(3)15(7-6-14(8)11)12(16)9(2)13/h4-5,9-10H,6-7,13H2,1-3H3/t9-,10?/m0/s1. The lowest BCUT2D eigenvalue weighted by atomic mass is 10.1. The van der Waals surface area contributed by atoms with Crippen molar-refractivity contribution in [2.75, 3.05) is 6.54 Å². The molecular weight excluding hydrogens is 202 g/mol. The molecule has 0 saturated heterocycles. The van der Waals surface area contributed by atoms with Gasteiger partial charge in [-0.25, -0.2) is 0 Å². The number of amides is 1. The monoisotopic (exact) mass is 221 g/mol. The topological polar surface area (TPSA) is 51.3 Å². The predicted octanol–water partition coefficient (Wildman–Crippen LogP) is 1.05. The minimum absolute atomic E-state index is 0.0394. The van der Waals surface area contributed by atoms with Gasteiger partial charge in [0.05, 0.1) is 12.1 Å². The summed E-state index contributed by atoms with van der Waals surface area (Å²) in [6.07, 6.45) is 0. The van der Waals surface area contributed by atoms with Gasteiger partial charge in [-0.15, -0.1) is 0 Å². The molecule has 16 heavy (non-hydrogen) atoms. The zero-order chi connectivity index (χ0) is 11.9. The molecule has 2 N–H and O–H groups in total. The van der Waals surface area contributed by atoms with Crippen molar-refractivity contribution in [2.24, 2.45) is 5.73 Å². The molecule has 0 bridgehead atoms. The van der Waals surface area contributed by atoms with E-state index in [1.165, 1.54) is 11.4 Å². The molecule has 0 saturated carbocycles. The van der Waals surface area contributed by atoms with Gasteiger partial charge in [-0.3, -0.25) is 4.79 Å². The lowest BCUT2D eigenvalue weighted by Crippen LogP contribution is -2.47. The Kier molecular flexibility index (Phi) is 2.76. The number of nitrogens with two attached hydrogens (primary N) is 1. The Morgan fingerprint density at radius 3 is 2.81 bits per heavy atom. The highest BCUT2D eigenvalue weighted by Gasteiger charge is 2.29. The van der Waals surface area contributed by atoms with Crippen LogP contribution in [0.15, 0.2) is 12.1 Å². The molecule has 1 unspecified atom stereocenters. The molecule has 4 nitrogen and oxygen atoms in total. The van der Waals surface area contributed by atoms with E-state index in [2.05, 4.69) is 30.5 Å². The Labute approximate surface area is 96.0 Å². The maximum absolute atomic E-state index is 11.9. The fourth-order valence-electron chi connectivity index (χ4n) is 2.38. The molecule has 2 rings (SSSR count). The third-order valence-electron chi connectivity index (χ3n) is 3.37. The van der Waals surface area contributed by atoms with Gasteiger partial charge in [0.25, 0.3) is 0 Å². The first-order valence-corrected chi connectivity index (χ1v) is 5.74. The van der Waals surface area contributed by atoms with Gasteiger partial charge in [0, 0.05) is 24.5 Å². The van der Waals surface area contributed by atoms with Gasteiger partial charge in [-0.05, 0) is 32.9 Å². The van der Waals surface area contributed by atoms with Gasteiger partial charge >= 0.3 is 0 Å². The second kappa shape index (κ2) is 3.94. The molecule has 0 radical (unpaired) electrons. The SMILES string of the molecule is Cc1ccc2n1CCN(C(=O)[C@H](C)N)C2C. The lowest BCUT2D eigenvalue weighted by Gasteiger charge is -2.36. The van der Waals surface area contributed by atoms with Crippen LogP contribution in [0.4, 0.5) is 0 Å². The molecule has 1 aliphatic heterocycles. The van der Waals surface area contributed by atoms with Crippen LogP contribution in [0.25, 0.3) is 0 Å². The molecule has 2 heterocycles. The molecule has 1 aromatic heterocycles. The highest BCUT2D eigenvalue weighted by atomic mass is 16.2. The Hall–Kier alpha value is -1.29. The number of nitrogens with zero attached hydrogens (tertiary/aromatic N) is 2. The summed E-state index contributed by atoms with van der Waals surface area (Å²) in [5.74, 6) is 0.0394. The lowest BCUT2D eigenvalue weighted by molar-refractivity contribution is -0.135.